The number of benzene rings is 1. The summed E-state index contributed by atoms with van der Waals surface area (Å²) in [6, 6.07) is 2.51. The van der Waals surface area contributed by atoms with E-state index in [4.69, 9.17) is 5.73 Å². The van der Waals surface area contributed by atoms with Crippen LogP contribution in [0.25, 0.3) is 0 Å². The highest BCUT2D eigenvalue weighted by atomic mass is 32.2. The first-order valence-electron chi connectivity index (χ1n) is 6.25. The van der Waals surface area contributed by atoms with Crippen LogP contribution in [0.1, 0.15) is 18.9 Å². The predicted molar refractivity (Wildman–Crippen MR) is 72.6 cm³/mol. The molecule has 2 rings (SSSR count). The van der Waals surface area contributed by atoms with Crippen LogP contribution in [-0.2, 0) is 10.0 Å². The lowest BCUT2D eigenvalue weighted by Gasteiger charge is -2.18. The number of halogens is 1. The van der Waals surface area contributed by atoms with E-state index >= 15 is 0 Å². The summed E-state index contributed by atoms with van der Waals surface area (Å²) >= 11 is 0. The maximum Gasteiger partial charge on any atom is 0.242 e. The van der Waals surface area contributed by atoms with E-state index in [1.165, 1.54) is 23.4 Å². The van der Waals surface area contributed by atoms with Crippen LogP contribution in [0, 0.1) is 24.6 Å². The number of sulfonamides is 1. The Labute approximate surface area is 113 Å². The minimum atomic E-state index is -3.59. The lowest BCUT2D eigenvalue weighted by molar-refractivity contribution is 0.444. The zero-order valence-corrected chi connectivity index (χ0v) is 12.2. The summed E-state index contributed by atoms with van der Waals surface area (Å²) in [5, 5.41) is 0. The summed E-state index contributed by atoms with van der Waals surface area (Å²) in [6.07, 6.45) is 1.06. The molecule has 2 unspecified atom stereocenters. The minimum absolute atomic E-state index is 0.0553. The highest BCUT2D eigenvalue weighted by molar-refractivity contribution is 7.89. The van der Waals surface area contributed by atoms with E-state index in [2.05, 4.69) is 6.92 Å². The van der Waals surface area contributed by atoms with Crippen LogP contribution >= 0.6 is 0 Å². The zero-order valence-electron chi connectivity index (χ0n) is 11.4. The van der Waals surface area contributed by atoms with Gasteiger partial charge in [0.15, 0.2) is 0 Å². The number of nitrogens with zero attached hydrogens (tertiary/aromatic N) is 1. The van der Waals surface area contributed by atoms with Crippen LogP contribution in [0.5, 0.6) is 0 Å². The summed E-state index contributed by atoms with van der Waals surface area (Å²) in [4.78, 5) is 0.0553. The van der Waals surface area contributed by atoms with Crippen molar-refractivity contribution in [2.24, 2.45) is 11.8 Å². The molecule has 6 heteroatoms. The second-order valence-electron chi connectivity index (χ2n) is 5.40. The van der Waals surface area contributed by atoms with Gasteiger partial charge in [0.1, 0.15) is 5.82 Å². The molecule has 0 amide bonds. The maximum atomic E-state index is 13.4. The van der Waals surface area contributed by atoms with Gasteiger partial charge >= 0.3 is 0 Å². The van der Waals surface area contributed by atoms with Gasteiger partial charge in [-0.2, -0.15) is 0 Å². The van der Waals surface area contributed by atoms with Gasteiger partial charge in [0.2, 0.25) is 10.0 Å². The van der Waals surface area contributed by atoms with Gasteiger partial charge in [-0.25, -0.2) is 17.1 Å². The first-order chi connectivity index (χ1) is 8.73. The molecule has 0 bridgehead atoms. The smallest absolute Gasteiger partial charge is 0.242 e. The highest BCUT2D eigenvalue weighted by Crippen LogP contribution is 2.38. The van der Waals surface area contributed by atoms with Crippen LogP contribution in [0.3, 0.4) is 0 Å². The Balaban J connectivity index is 2.28. The molecule has 0 radical (unpaired) electrons. The molecular formula is C13H19FN2O2S. The zero-order chi connectivity index (χ0) is 14.4. The average molecular weight is 286 g/mol. The van der Waals surface area contributed by atoms with Gasteiger partial charge in [-0.1, -0.05) is 6.92 Å². The molecule has 0 heterocycles. The second kappa shape index (κ2) is 4.76. The van der Waals surface area contributed by atoms with Crippen molar-refractivity contribution in [1.29, 1.82) is 0 Å². The standard InChI is InChI=1S/C13H19FN2O2S/c1-8-4-10(8)7-16(3)19(17,18)11-5-9(2)13(14)12(15)6-11/h5-6,8,10H,4,7,15H2,1-3H3. The number of nitrogen functional groups attached to an aromatic ring is 1. The fraction of sp³-hybridized carbons (Fsp3) is 0.538. The third-order valence-electron chi connectivity index (χ3n) is 3.73. The molecule has 1 aromatic carbocycles. The molecule has 106 valence electrons. The van der Waals surface area contributed by atoms with E-state index in [9.17, 15) is 12.8 Å². The third kappa shape index (κ3) is 2.74. The van der Waals surface area contributed by atoms with Crippen molar-refractivity contribution >= 4 is 15.7 Å². The van der Waals surface area contributed by atoms with Crippen LogP contribution in [0.4, 0.5) is 10.1 Å². The molecule has 1 saturated carbocycles. The Morgan fingerprint density at radius 1 is 1.47 bits per heavy atom. The first kappa shape index (κ1) is 14.3. The minimum Gasteiger partial charge on any atom is -0.396 e. The Bertz CT molecular complexity index is 578. The molecule has 2 atom stereocenters. The number of anilines is 1. The number of nitrogens with two attached hydrogens (primary N) is 1. The quantitative estimate of drug-likeness (QED) is 0.861. The SMILES string of the molecule is Cc1cc(S(=O)(=O)N(C)CC2CC2C)cc(N)c1F. The normalized spacial score (nSPS) is 22.8. The lowest BCUT2D eigenvalue weighted by Crippen LogP contribution is -2.29. The lowest BCUT2D eigenvalue weighted by atomic mass is 10.2. The van der Waals surface area contributed by atoms with Gasteiger partial charge in [-0.3, -0.25) is 0 Å². The van der Waals surface area contributed by atoms with Crippen molar-refractivity contribution in [3.63, 3.8) is 0 Å². The fourth-order valence-corrected chi connectivity index (χ4v) is 3.52. The van der Waals surface area contributed by atoms with E-state index in [0.717, 1.165) is 6.42 Å². The van der Waals surface area contributed by atoms with Gasteiger partial charge in [-0.15, -0.1) is 0 Å². The molecule has 0 saturated heterocycles. The Hall–Kier alpha value is -1.14. The first-order valence-corrected chi connectivity index (χ1v) is 7.69. The molecular weight excluding hydrogens is 267 g/mol. The van der Waals surface area contributed by atoms with E-state index in [0.29, 0.717) is 18.4 Å². The molecule has 0 aromatic heterocycles. The van der Waals surface area contributed by atoms with E-state index in [1.54, 1.807) is 7.05 Å². The van der Waals surface area contributed by atoms with E-state index in [-0.39, 0.29) is 16.1 Å². The van der Waals surface area contributed by atoms with Crippen molar-refractivity contribution in [3.05, 3.63) is 23.5 Å². The maximum absolute atomic E-state index is 13.4. The van der Waals surface area contributed by atoms with Crippen molar-refractivity contribution < 1.29 is 12.8 Å². The fourth-order valence-electron chi connectivity index (χ4n) is 2.17. The van der Waals surface area contributed by atoms with Crippen molar-refractivity contribution in [2.75, 3.05) is 19.3 Å². The monoisotopic (exact) mass is 286 g/mol. The summed E-state index contributed by atoms with van der Waals surface area (Å²) in [5.74, 6) is 0.453. The molecule has 19 heavy (non-hydrogen) atoms. The van der Waals surface area contributed by atoms with Crippen molar-refractivity contribution in [2.45, 2.75) is 25.2 Å². The largest absolute Gasteiger partial charge is 0.396 e. The van der Waals surface area contributed by atoms with E-state index in [1.807, 2.05) is 0 Å². The second-order valence-corrected chi connectivity index (χ2v) is 7.45. The molecule has 1 aromatic rings. The molecule has 1 aliphatic carbocycles. The number of aryl methyl sites for hydroxylation is 1. The van der Waals surface area contributed by atoms with Crippen LogP contribution in [-0.4, -0.2) is 26.3 Å². The average Bonchev–Trinajstić information content (AvgIpc) is 3.00. The van der Waals surface area contributed by atoms with Gasteiger partial charge in [0, 0.05) is 13.6 Å². The van der Waals surface area contributed by atoms with Gasteiger partial charge in [0.05, 0.1) is 10.6 Å². The number of hydrogen-bond acceptors (Lipinski definition) is 3. The van der Waals surface area contributed by atoms with Crippen LogP contribution < -0.4 is 5.73 Å². The Kier molecular flexibility index (Phi) is 3.57. The van der Waals surface area contributed by atoms with Crippen LogP contribution in [0.15, 0.2) is 17.0 Å². The van der Waals surface area contributed by atoms with Gasteiger partial charge in [0.25, 0.3) is 0 Å². The van der Waals surface area contributed by atoms with Gasteiger partial charge in [-0.05, 0) is 42.9 Å². The summed E-state index contributed by atoms with van der Waals surface area (Å²) < 4.78 is 39.5. The summed E-state index contributed by atoms with van der Waals surface area (Å²) in [7, 11) is -2.04. The summed E-state index contributed by atoms with van der Waals surface area (Å²) in [6.45, 7) is 4.11. The van der Waals surface area contributed by atoms with Gasteiger partial charge < -0.3 is 5.73 Å². The van der Waals surface area contributed by atoms with Crippen molar-refractivity contribution in [3.8, 4) is 0 Å². The molecule has 0 aliphatic heterocycles. The highest BCUT2D eigenvalue weighted by Gasteiger charge is 2.36. The third-order valence-corrected chi connectivity index (χ3v) is 5.53. The predicted octanol–water partition coefficient (Wildman–Crippen LogP) is 1.99. The molecule has 1 aliphatic rings. The molecule has 2 N–H and O–H groups in total. The van der Waals surface area contributed by atoms with Crippen molar-refractivity contribution in [1.82, 2.24) is 4.31 Å². The topological polar surface area (TPSA) is 63.4 Å². The Morgan fingerprint density at radius 2 is 2.05 bits per heavy atom. The van der Waals surface area contributed by atoms with E-state index < -0.39 is 15.8 Å². The Morgan fingerprint density at radius 3 is 2.53 bits per heavy atom. The summed E-state index contributed by atoms with van der Waals surface area (Å²) in [5.41, 5.74) is 5.61. The molecule has 0 spiro atoms. The number of rotatable bonds is 4. The molecule has 1 fully saturated rings. The number of hydrogen-bond donors (Lipinski definition) is 1. The molecule has 4 nitrogen and oxygen atoms in total. The van der Waals surface area contributed by atoms with Crippen LogP contribution in [0.2, 0.25) is 0 Å².